The molecule has 0 fully saturated rings. The Morgan fingerprint density at radius 3 is 2.37 bits per heavy atom. The van der Waals surface area contributed by atoms with Crippen molar-refractivity contribution >= 4 is 27.2 Å². The largest absolute Gasteiger partial charge is 0.512 e. The smallest absolute Gasteiger partial charge is 0.278 e. The van der Waals surface area contributed by atoms with Gasteiger partial charge in [0.25, 0.3) is 5.91 Å². The first kappa shape index (κ1) is 21.0. The average molecular weight is 424 g/mol. The number of carbonyl (C=O) groups excluding carboxylic acids is 1. The van der Waals surface area contributed by atoms with Gasteiger partial charge in [0.15, 0.2) is 21.3 Å². The van der Waals surface area contributed by atoms with Gasteiger partial charge in [0.05, 0.1) is 16.8 Å². The molecule has 0 spiro atoms. The number of anilines is 2. The van der Waals surface area contributed by atoms with Crippen molar-refractivity contribution in [3.63, 3.8) is 0 Å². The highest BCUT2D eigenvalue weighted by Crippen LogP contribution is 2.21. The van der Waals surface area contributed by atoms with Crippen LogP contribution < -0.4 is 11.1 Å². The van der Waals surface area contributed by atoms with E-state index in [0.29, 0.717) is 11.4 Å². The highest BCUT2D eigenvalue weighted by Gasteiger charge is 2.18. The van der Waals surface area contributed by atoms with E-state index in [0.717, 1.165) is 11.1 Å². The second kappa shape index (κ2) is 8.34. The van der Waals surface area contributed by atoms with Gasteiger partial charge < -0.3 is 16.2 Å². The minimum absolute atomic E-state index is 0.00336. The van der Waals surface area contributed by atoms with E-state index in [-0.39, 0.29) is 16.4 Å². The molecule has 4 N–H and O–H groups in total. The first-order chi connectivity index (χ1) is 14.2. The van der Waals surface area contributed by atoms with Crippen molar-refractivity contribution in [1.82, 2.24) is 9.97 Å². The Morgan fingerprint density at radius 2 is 1.77 bits per heavy atom. The van der Waals surface area contributed by atoms with Gasteiger partial charge in [-0.25, -0.2) is 18.4 Å². The minimum Gasteiger partial charge on any atom is -0.512 e. The summed E-state index contributed by atoms with van der Waals surface area (Å²) in [5.41, 5.74) is 8.52. The lowest BCUT2D eigenvalue weighted by Gasteiger charge is -2.09. The zero-order valence-corrected chi connectivity index (χ0v) is 17.0. The summed E-state index contributed by atoms with van der Waals surface area (Å²) < 4.78 is 24.2. The van der Waals surface area contributed by atoms with Crippen molar-refractivity contribution < 1.29 is 18.3 Å². The van der Waals surface area contributed by atoms with E-state index in [1.165, 1.54) is 30.5 Å². The third-order valence-corrected chi connectivity index (χ3v) is 5.89. The van der Waals surface area contributed by atoms with Gasteiger partial charge in [-0.1, -0.05) is 36.4 Å². The molecule has 3 aromatic rings. The number of rotatable bonds is 6. The lowest BCUT2D eigenvalue weighted by Crippen LogP contribution is -2.17. The Hall–Kier alpha value is -3.72. The van der Waals surface area contributed by atoms with Gasteiger partial charge >= 0.3 is 0 Å². The van der Waals surface area contributed by atoms with E-state index in [4.69, 9.17) is 10.8 Å². The number of nitrogen functional groups attached to an aromatic ring is 1. The number of aryl methyl sites for hydroxylation is 1. The molecule has 0 aliphatic carbocycles. The molecule has 0 unspecified atom stereocenters. The molecule has 8 nitrogen and oxygen atoms in total. The summed E-state index contributed by atoms with van der Waals surface area (Å²) in [7, 11) is -3.71. The van der Waals surface area contributed by atoms with E-state index in [9.17, 15) is 13.2 Å². The number of aromatic nitrogens is 2. The minimum atomic E-state index is -3.71. The number of hydrogen-bond acceptors (Lipinski definition) is 7. The van der Waals surface area contributed by atoms with Gasteiger partial charge in [-0.05, 0) is 31.2 Å². The molecule has 1 amide bonds. The Labute approximate surface area is 174 Å². The summed E-state index contributed by atoms with van der Waals surface area (Å²) >= 11 is 0. The number of nitrogens with two attached hydrogens (primary N) is 1. The van der Waals surface area contributed by atoms with Crippen LogP contribution in [0.2, 0.25) is 0 Å². The van der Waals surface area contributed by atoms with E-state index in [1.807, 2.05) is 31.2 Å². The van der Waals surface area contributed by atoms with Gasteiger partial charge in [0, 0.05) is 11.3 Å². The van der Waals surface area contributed by atoms with Crippen LogP contribution in [0, 0.1) is 6.92 Å². The number of aliphatic hydroxyl groups is 1. The van der Waals surface area contributed by atoms with Gasteiger partial charge in [0.2, 0.25) is 0 Å². The van der Waals surface area contributed by atoms with Gasteiger partial charge in [-0.15, -0.1) is 0 Å². The van der Waals surface area contributed by atoms with E-state index >= 15 is 0 Å². The molecule has 2 aromatic carbocycles. The predicted octanol–water partition coefficient (Wildman–Crippen LogP) is 3.13. The van der Waals surface area contributed by atoms with Crippen molar-refractivity contribution in [1.29, 1.82) is 0 Å². The molecule has 0 radical (unpaired) electrons. The topological polar surface area (TPSA) is 135 Å². The first-order valence-corrected chi connectivity index (χ1v) is 10.5. The predicted molar refractivity (Wildman–Crippen MR) is 115 cm³/mol. The Balaban J connectivity index is 1.81. The molecule has 1 heterocycles. The molecular formula is C21H20N4O4S. The third-order valence-electron chi connectivity index (χ3n) is 4.19. The van der Waals surface area contributed by atoms with Crippen LogP contribution in [0.15, 0.2) is 72.0 Å². The zero-order chi connectivity index (χ0) is 21.9. The Kier molecular flexibility index (Phi) is 5.84. The second-order valence-electron chi connectivity index (χ2n) is 6.66. The van der Waals surface area contributed by atoms with E-state index < -0.39 is 27.3 Å². The number of aliphatic hydroxyl groups excluding tert-OH is 1. The number of nitrogens with zero attached hydrogens (tertiary/aromatic N) is 2. The molecule has 0 bridgehead atoms. The molecular weight excluding hydrogens is 404 g/mol. The van der Waals surface area contributed by atoms with Crippen molar-refractivity contribution in [2.45, 2.75) is 11.8 Å². The molecule has 0 saturated heterocycles. The van der Waals surface area contributed by atoms with Gasteiger partial charge in [-0.3, -0.25) is 4.79 Å². The highest BCUT2D eigenvalue weighted by molar-refractivity contribution is 7.91. The van der Waals surface area contributed by atoms with Crippen LogP contribution in [0.1, 0.15) is 16.1 Å². The average Bonchev–Trinajstić information content (AvgIpc) is 2.68. The van der Waals surface area contributed by atoms with Crippen molar-refractivity contribution in [3.05, 3.63) is 78.3 Å². The molecule has 0 saturated carbocycles. The van der Waals surface area contributed by atoms with Crippen molar-refractivity contribution in [3.8, 4) is 11.3 Å². The summed E-state index contributed by atoms with van der Waals surface area (Å²) in [6.07, 6.45) is 1.49. The maximum Gasteiger partial charge on any atom is 0.278 e. The van der Waals surface area contributed by atoms with Crippen LogP contribution in [0.25, 0.3) is 11.3 Å². The van der Waals surface area contributed by atoms with E-state index in [1.54, 1.807) is 0 Å². The fourth-order valence-electron chi connectivity index (χ4n) is 2.67. The fourth-order valence-corrected chi connectivity index (χ4v) is 3.82. The molecule has 154 valence electrons. The normalized spacial score (nSPS) is 11.1. The van der Waals surface area contributed by atoms with Crippen molar-refractivity contribution in [2.24, 2.45) is 0 Å². The number of carbonyl (C=O) groups is 1. The Bertz CT molecular complexity index is 1200. The summed E-state index contributed by atoms with van der Waals surface area (Å²) in [6, 6.07) is 13.1. The number of sulfone groups is 1. The summed E-state index contributed by atoms with van der Waals surface area (Å²) in [6.45, 7) is 5.16. The lowest BCUT2D eigenvalue weighted by molar-refractivity contribution is 0.102. The van der Waals surface area contributed by atoms with Crippen LogP contribution in [0.5, 0.6) is 0 Å². The second-order valence-corrected chi connectivity index (χ2v) is 8.65. The monoisotopic (exact) mass is 424 g/mol. The Morgan fingerprint density at radius 1 is 1.13 bits per heavy atom. The zero-order valence-electron chi connectivity index (χ0n) is 16.2. The SMILES string of the molecule is C=C(O)CS(=O)(=O)c1ccc(NC(=O)c2nc(-c3ccc(C)cc3)cnc2N)cc1. The molecule has 0 atom stereocenters. The lowest BCUT2D eigenvalue weighted by atomic mass is 10.1. The van der Waals surface area contributed by atoms with Gasteiger partial charge in [-0.2, -0.15) is 0 Å². The summed E-state index contributed by atoms with van der Waals surface area (Å²) in [4.78, 5) is 21.0. The van der Waals surface area contributed by atoms with Crippen LogP contribution in [0.4, 0.5) is 11.5 Å². The number of hydrogen-bond donors (Lipinski definition) is 3. The molecule has 9 heteroatoms. The fraction of sp³-hybridized carbons (Fsp3) is 0.0952. The number of nitrogens with one attached hydrogen (secondary N) is 1. The first-order valence-electron chi connectivity index (χ1n) is 8.86. The van der Waals surface area contributed by atoms with Crippen LogP contribution in [0.3, 0.4) is 0 Å². The summed E-state index contributed by atoms with van der Waals surface area (Å²) in [5.74, 6) is -1.62. The third kappa shape index (κ3) is 4.81. The van der Waals surface area contributed by atoms with E-state index in [2.05, 4.69) is 21.9 Å². The maximum absolute atomic E-state index is 12.6. The number of benzene rings is 2. The van der Waals surface area contributed by atoms with Crippen LogP contribution >= 0.6 is 0 Å². The molecule has 1 aromatic heterocycles. The quantitative estimate of drug-likeness (QED) is 0.517. The maximum atomic E-state index is 12.6. The number of amides is 1. The van der Waals surface area contributed by atoms with Gasteiger partial charge in [0.1, 0.15) is 11.5 Å². The van der Waals surface area contributed by atoms with Crippen LogP contribution in [-0.4, -0.2) is 35.2 Å². The van der Waals surface area contributed by atoms with Crippen LogP contribution in [-0.2, 0) is 9.84 Å². The standard InChI is InChI=1S/C21H20N4O4S/c1-13-3-5-15(6-4-13)18-11-23-20(22)19(25-18)21(27)24-16-7-9-17(10-8-16)30(28,29)12-14(2)26/h3-11,26H,2,12H2,1H3,(H2,22,23)(H,24,27). The summed E-state index contributed by atoms with van der Waals surface area (Å²) in [5, 5.41) is 11.8. The molecule has 3 rings (SSSR count). The van der Waals surface area contributed by atoms with Crippen molar-refractivity contribution in [2.75, 3.05) is 16.8 Å². The highest BCUT2D eigenvalue weighted by atomic mass is 32.2. The molecule has 0 aliphatic rings. The molecule has 0 aliphatic heterocycles. The molecule has 30 heavy (non-hydrogen) atoms.